The van der Waals surface area contributed by atoms with E-state index in [0.717, 1.165) is 23.9 Å². The van der Waals surface area contributed by atoms with E-state index < -0.39 is 0 Å². The van der Waals surface area contributed by atoms with Crippen LogP contribution in [0, 0.1) is 0 Å². The fourth-order valence-electron chi connectivity index (χ4n) is 1.75. The van der Waals surface area contributed by atoms with Crippen molar-refractivity contribution in [1.29, 1.82) is 0 Å². The fraction of sp³-hybridized carbons (Fsp3) is 0.417. The van der Waals surface area contributed by atoms with Gasteiger partial charge in [0.25, 0.3) is 5.91 Å². The van der Waals surface area contributed by atoms with Gasteiger partial charge in [-0.2, -0.15) is 0 Å². The monoisotopic (exact) mass is 283 g/mol. The van der Waals surface area contributed by atoms with E-state index in [2.05, 4.69) is 21.2 Å². The van der Waals surface area contributed by atoms with Crippen LogP contribution in [0.4, 0.5) is 0 Å². The minimum absolute atomic E-state index is 0.0528. The summed E-state index contributed by atoms with van der Waals surface area (Å²) in [6.45, 7) is 1.41. The molecular formula is C12H14BrNO2. The number of halogens is 1. The van der Waals surface area contributed by atoms with Gasteiger partial charge in [0, 0.05) is 17.6 Å². The van der Waals surface area contributed by atoms with Crippen LogP contribution in [0.2, 0.25) is 0 Å². The second-order valence-electron chi connectivity index (χ2n) is 3.82. The number of hydrogen-bond acceptors (Lipinski definition) is 2. The molecule has 1 aromatic carbocycles. The Morgan fingerprint density at radius 1 is 1.50 bits per heavy atom. The van der Waals surface area contributed by atoms with Crippen molar-refractivity contribution in [3.63, 3.8) is 0 Å². The molecule has 0 bridgehead atoms. The lowest BCUT2D eigenvalue weighted by Gasteiger charge is -2.11. The van der Waals surface area contributed by atoms with Gasteiger partial charge in [-0.1, -0.05) is 12.1 Å². The largest absolute Gasteiger partial charge is 0.376 e. The van der Waals surface area contributed by atoms with E-state index in [0.29, 0.717) is 12.1 Å². The fourth-order valence-corrected chi connectivity index (χ4v) is 2.22. The normalized spacial score (nSPS) is 19.7. The molecule has 86 valence electrons. The number of hydrogen-bond donors (Lipinski definition) is 1. The first kappa shape index (κ1) is 11.6. The molecule has 0 radical (unpaired) electrons. The van der Waals surface area contributed by atoms with Gasteiger partial charge in [0.2, 0.25) is 0 Å². The maximum absolute atomic E-state index is 11.8. The summed E-state index contributed by atoms with van der Waals surface area (Å²) < 4.78 is 6.26. The summed E-state index contributed by atoms with van der Waals surface area (Å²) in [4.78, 5) is 11.8. The van der Waals surface area contributed by atoms with Gasteiger partial charge >= 0.3 is 0 Å². The zero-order chi connectivity index (χ0) is 11.4. The smallest absolute Gasteiger partial charge is 0.252 e. The number of ether oxygens (including phenoxy) is 1. The van der Waals surface area contributed by atoms with Gasteiger partial charge in [-0.25, -0.2) is 0 Å². The molecule has 1 amide bonds. The predicted molar refractivity (Wildman–Crippen MR) is 65.4 cm³/mol. The average Bonchev–Trinajstić information content (AvgIpc) is 2.79. The van der Waals surface area contributed by atoms with Crippen molar-refractivity contribution in [1.82, 2.24) is 5.32 Å². The van der Waals surface area contributed by atoms with Crippen molar-refractivity contribution in [2.75, 3.05) is 13.2 Å². The van der Waals surface area contributed by atoms with E-state index in [1.807, 2.05) is 18.2 Å². The lowest BCUT2D eigenvalue weighted by molar-refractivity contribution is 0.0857. The van der Waals surface area contributed by atoms with Crippen molar-refractivity contribution in [2.24, 2.45) is 0 Å². The van der Waals surface area contributed by atoms with Crippen LogP contribution in [0.15, 0.2) is 28.7 Å². The SMILES string of the molecule is O=C(NCC1CCCO1)c1ccccc1Br. The van der Waals surface area contributed by atoms with Crippen LogP contribution in [0.3, 0.4) is 0 Å². The van der Waals surface area contributed by atoms with Crippen LogP contribution in [-0.2, 0) is 4.74 Å². The van der Waals surface area contributed by atoms with Crippen LogP contribution < -0.4 is 5.32 Å². The van der Waals surface area contributed by atoms with Crippen LogP contribution in [-0.4, -0.2) is 25.2 Å². The summed E-state index contributed by atoms with van der Waals surface area (Å²) in [6.07, 6.45) is 2.32. The Bertz CT molecular complexity index is 375. The molecule has 1 heterocycles. The average molecular weight is 284 g/mol. The third-order valence-corrected chi connectivity index (χ3v) is 3.32. The highest BCUT2D eigenvalue weighted by Crippen LogP contribution is 2.16. The third-order valence-electron chi connectivity index (χ3n) is 2.63. The number of carbonyl (C=O) groups is 1. The molecule has 0 aliphatic carbocycles. The number of amides is 1. The zero-order valence-corrected chi connectivity index (χ0v) is 10.5. The Morgan fingerprint density at radius 2 is 2.31 bits per heavy atom. The van der Waals surface area contributed by atoms with Gasteiger partial charge < -0.3 is 10.1 Å². The summed E-state index contributed by atoms with van der Waals surface area (Å²) in [5.41, 5.74) is 0.667. The van der Waals surface area contributed by atoms with Gasteiger partial charge in [0.1, 0.15) is 0 Å². The molecule has 4 heteroatoms. The lowest BCUT2D eigenvalue weighted by Crippen LogP contribution is -2.31. The molecule has 1 atom stereocenters. The first-order valence-corrected chi connectivity index (χ1v) is 6.21. The predicted octanol–water partition coefficient (Wildman–Crippen LogP) is 2.36. The highest BCUT2D eigenvalue weighted by atomic mass is 79.9. The van der Waals surface area contributed by atoms with Crippen LogP contribution >= 0.6 is 15.9 Å². The van der Waals surface area contributed by atoms with E-state index in [1.165, 1.54) is 0 Å². The summed E-state index contributed by atoms with van der Waals surface area (Å²) in [5, 5.41) is 2.89. The van der Waals surface area contributed by atoms with Gasteiger partial charge in [-0.15, -0.1) is 0 Å². The van der Waals surface area contributed by atoms with Gasteiger partial charge in [0.15, 0.2) is 0 Å². The zero-order valence-electron chi connectivity index (χ0n) is 8.91. The Hall–Kier alpha value is -0.870. The lowest BCUT2D eigenvalue weighted by atomic mass is 10.2. The Morgan fingerprint density at radius 3 is 3.00 bits per heavy atom. The molecule has 0 saturated carbocycles. The molecule has 3 nitrogen and oxygen atoms in total. The van der Waals surface area contributed by atoms with E-state index in [4.69, 9.17) is 4.74 Å². The molecule has 1 aromatic rings. The molecular weight excluding hydrogens is 270 g/mol. The highest BCUT2D eigenvalue weighted by Gasteiger charge is 2.17. The molecule has 1 N–H and O–H groups in total. The summed E-state index contributed by atoms with van der Waals surface area (Å²) in [7, 11) is 0. The maximum Gasteiger partial charge on any atom is 0.252 e. The molecule has 1 saturated heterocycles. The van der Waals surface area contributed by atoms with Crippen molar-refractivity contribution >= 4 is 21.8 Å². The van der Waals surface area contributed by atoms with Crippen molar-refractivity contribution in [2.45, 2.75) is 18.9 Å². The molecule has 2 rings (SSSR count). The Balaban J connectivity index is 1.90. The Labute approximate surface area is 103 Å². The van der Waals surface area contributed by atoms with Crippen molar-refractivity contribution in [3.8, 4) is 0 Å². The topological polar surface area (TPSA) is 38.3 Å². The molecule has 16 heavy (non-hydrogen) atoms. The third kappa shape index (κ3) is 2.83. The van der Waals surface area contributed by atoms with E-state index in [1.54, 1.807) is 6.07 Å². The van der Waals surface area contributed by atoms with Crippen LogP contribution in [0.5, 0.6) is 0 Å². The molecule has 1 unspecified atom stereocenters. The van der Waals surface area contributed by atoms with Crippen molar-refractivity contribution in [3.05, 3.63) is 34.3 Å². The van der Waals surface area contributed by atoms with Gasteiger partial charge in [0.05, 0.1) is 11.7 Å². The minimum Gasteiger partial charge on any atom is -0.376 e. The van der Waals surface area contributed by atoms with Crippen LogP contribution in [0.25, 0.3) is 0 Å². The summed E-state index contributed by atoms with van der Waals surface area (Å²) in [5.74, 6) is -0.0528. The van der Waals surface area contributed by atoms with E-state index >= 15 is 0 Å². The number of benzene rings is 1. The standard InChI is InChI=1S/C12H14BrNO2/c13-11-6-2-1-5-10(11)12(15)14-8-9-4-3-7-16-9/h1-2,5-6,9H,3-4,7-8H2,(H,14,15). The quantitative estimate of drug-likeness (QED) is 0.925. The number of carbonyl (C=O) groups excluding carboxylic acids is 1. The number of rotatable bonds is 3. The van der Waals surface area contributed by atoms with Gasteiger partial charge in [-0.05, 0) is 40.9 Å². The maximum atomic E-state index is 11.8. The number of nitrogens with one attached hydrogen (secondary N) is 1. The second kappa shape index (κ2) is 5.46. The second-order valence-corrected chi connectivity index (χ2v) is 4.68. The Kier molecular flexibility index (Phi) is 3.96. The summed E-state index contributed by atoms with van der Waals surface area (Å²) in [6, 6.07) is 7.41. The van der Waals surface area contributed by atoms with E-state index in [-0.39, 0.29) is 12.0 Å². The molecule has 0 spiro atoms. The molecule has 0 aromatic heterocycles. The van der Waals surface area contributed by atoms with Gasteiger partial charge in [-0.3, -0.25) is 4.79 Å². The highest BCUT2D eigenvalue weighted by molar-refractivity contribution is 9.10. The molecule has 1 fully saturated rings. The minimum atomic E-state index is -0.0528. The van der Waals surface area contributed by atoms with Crippen molar-refractivity contribution < 1.29 is 9.53 Å². The van der Waals surface area contributed by atoms with Crippen LogP contribution in [0.1, 0.15) is 23.2 Å². The molecule has 1 aliphatic heterocycles. The first-order chi connectivity index (χ1) is 7.77. The summed E-state index contributed by atoms with van der Waals surface area (Å²) >= 11 is 3.36. The molecule has 1 aliphatic rings. The first-order valence-electron chi connectivity index (χ1n) is 5.41. The van der Waals surface area contributed by atoms with E-state index in [9.17, 15) is 4.79 Å².